The van der Waals surface area contributed by atoms with Gasteiger partial charge < -0.3 is 10.2 Å². The standard InChI is InChI=1S/C39H39F3N8O5/c1-47-34-27(4-2-6-30(34)50(38(47)55)31-14-15-33(51)45-36(31)53)22-16-18-48(19-17-22)37(54)23-8-11-26(12-9-23)49-21-24-20-25(10-13-28(24)46-49)43-35(52)29-5-3-7-32(44-29)39(40,41)42/h2-7,10,13,20-23,26,31H,8-9,11-12,14-19H2,1H3,(H,43,52)(H,45,51,53). The first-order chi connectivity index (χ1) is 26.4. The summed E-state index contributed by atoms with van der Waals surface area (Å²) in [6, 6.07) is 13.4. The molecule has 1 atom stereocenters. The van der Waals surface area contributed by atoms with Gasteiger partial charge in [-0.2, -0.15) is 18.3 Å². The molecule has 5 aromatic rings. The summed E-state index contributed by atoms with van der Waals surface area (Å²) in [7, 11) is 1.71. The van der Waals surface area contributed by atoms with Crippen molar-refractivity contribution in [2.24, 2.45) is 13.0 Å². The lowest BCUT2D eigenvalue weighted by atomic mass is 9.83. The van der Waals surface area contributed by atoms with Gasteiger partial charge in [-0.25, -0.2) is 9.78 Å². The van der Waals surface area contributed by atoms with Gasteiger partial charge >= 0.3 is 11.9 Å². The van der Waals surface area contributed by atoms with E-state index in [-0.39, 0.29) is 53.9 Å². The fourth-order valence-corrected chi connectivity index (χ4v) is 8.51. The van der Waals surface area contributed by atoms with Crippen LogP contribution < -0.4 is 16.3 Å². The molecular weight excluding hydrogens is 717 g/mol. The Hall–Kier alpha value is -5.80. The third-order valence-electron chi connectivity index (χ3n) is 11.4. The SMILES string of the molecule is Cn1c(=O)n(C2CCC(=O)NC2=O)c2cccc(C3CCN(C(=O)C4CCC(n5cc6cc(NC(=O)c7cccc(C(F)(F)F)n7)ccc6n5)CC4)CC3)c21. The van der Waals surface area contributed by atoms with Crippen LogP contribution in [0.25, 0.3) is 21.9 Å². The van der Waals surface area contributed by atoms with Gasteiger partial charge in [0.25, 0.3) is 5.91 Å². The smallest absolute Gasteiger partial charge is 0.342 e. The van der Waals surface area contributed by atoms with Crippen LogP contribution in [0.2, 0.25) is 0 Å². The van der Waals surface area contributed by atoms with Crippen LogP contribution in [0.3, 0.4) is 0 Å². The average molecular weight is 757 g/mol. The van der Waals surface area contributed by atoms with Gasteiger partial charge in [-0.05, 0) is 92.8 Å². The number of rotatable bonds is 6. The topological polar surface area (TPSA) is 153 Å². The number of aryl methyl sites for hydroxylation is 1. The van der Waals surface area contributed by atoms with E-state index >= 15 is 0 Å². The van der Waals surface area contributed by atoms with Crippen molar-refractivity contribution in [2.75, 3.05) is 18.4 Å². The Labute approximate surface area is 312 Å². The van der Waals surface area contributed by atoms with Crippen LogP contribution in [0.4, 0.5) is 18.9 Å². The van der Waals surface area contributed by atoms with Crippen molar-refractivity contribution in [3.8, 4) is 0 Å². The molecule has 0 spiro atoms. The molecule has 0 radical (unpaired) electrons. The Balaban J connectivity index is 0.876. The van der Waals surface area contributed by atoms with E-state index in [1.54, 1.807) is 29.8 Å². The van der Waals surface area contributed by atoms with Gasteiger partial charge in [0, 0.05) is 49.7 Å². The number of likely N-dealkylation sites (tertiary alicyclic amines) is 1. The highest BCUT2D eigenvalue weighted by atomic mass is 19.4. The third-order valence-corrected chi connectivity index (χ3v) is 11.4. The summed E-state index contributed by atoms with van der Waals surface area (Å²) < 4.78 is 44.2. The number of imidazole rings is 1. The highest BCUT2D eigenvalue weighted by Gasteiger charge is 2.36. The fourth-order valence-electron chi connectivity index (χ4n) is 8.51. The van der Waals surface area contributed by atoms with Crippen LogP contribution >= 0.6 is 0 Å². The second-order valence-electron chi connectivity index (χ2n) is 14.7. The number of benzene rings is 2. The van der Waals surface area contributed by atoms with Crippen LogP contribution in [0.15, 0.2) is 65.6 Å². The number of pyridine rings is 1. The number of fused-ring (bicyclic) bond motifs is 2. The van der Waals surface area contributed by atoms with E-state index < -0.39 is 29.7 Å². The first-order valence-electron chi connectivity index (χ1n) is 18.5. The zero-order chi connectivity index (χ0) is 38.6. The van der Waals surface area contributed by atoms with Gasteiger partial charge in [-0.15, -0.1) is 0 Å². The van der Waals surface area contributed by atoms with E-state index in [1.165, 1.54) is 10.6 Å². The van der Waals surface area contributed by atoms with Crippen molar-refractivity contribution in [1.29, 1.82) is 0 Å². The molecule has 1 saturated carbocycles. The summed E-state index contributed by atoms with van der Waals surface area (Å²) in [6.07, 6.45) is 2.15. The maximum Gasteiger partial charge on any atom is 0.433 e. The molecule has 55 heavy (non-hydrogen) atoms. The molecule has 2 N–H and O–H groups in total. The van der Waals surface area contributed by atoms with Crippen LogP contribution in [0.5, 0.6) is 0 Å². The lowest BCUT2D eigenvalue weighted by molar-refractivity contribution is -0.141. The molecule has 3 fully saturated rings. The Morgan fingerprint density at radius 2 is 1.65 bits per heavy atom. The molecule has 1 aliphatic carbocycles. The van der Waals surface area contributed by atoms with Crippen LogP contribution in [0, 0.1) is 5.92 Å². The second-order valence-corrected chi connectivity index (χ2v) is 14.7. The monoisotopic (exact) mass is 756 g/mol. The Bertz CT molecular complexity index is 2400. The minimum atomic E-state index is -4.66. The van der Waals surface area contributed by atoms with E-state index in [0.29, 0.717) is 29.8 Å². The first kappa shape index (κ1) is 36.2. The van der Waals surface area contributed by atoms with Gasteiger partial charge in [0.15, 0.2) is 0 Å². The van der Waals surface area contributed by atoms with Crippen LogP contribution in [-0.2, 0) is 27.6 Å². The predicted molar refractivity (Wildman–Crippen MR) is 195 cm³/mol. The fraction of sp³-hybridized carbons (Fsp3) is 0.410. The molecule has 16 heteroatoms. The molecule has 3 aromatic heterocycles. The van der Waals surface area contributed by atoms with E-state index in [9.17, 15) is 37.1 Å². The van der Waals surface area contributed by atoms with Crippen molar-refractivity contribution >= 4 is 51.3 Å². The molecule has 3 aliphatic rings. The van der Waals surface area contributed by atoms with Crippen LogP contribution in [0.1, 0.15) is 91.1 Å². The number of hydrogen-bond acceptors (Lipinski definition) is 7. The van der Waals surface area contributed by atoms with Crippen molar-refractivity contribution < 1.29 is 32.3 Å². The van der Waals surface area contributed by atoms with Crippen molar-refractivity contribution in [3.05, 3.63) is 88.2 Å². The number of piperidine rings is 2. The maximum atomic E-state index is 13.7. The quantitative estimate of drug-likeness (QED) is 0.218. The summed E-state index contributed by atoms with van der Waals surface area (Å²) in [4.78, 5) is 69.7. The molecule has 2 aliphatic heterocycles. The van der Waals surface area contributed by atoms with E-state index in [4.69, 9.17) is 5.10 Å². The van der Waals surface area contributed by atoms with Gasteiger partial charge in [-0.3, -0.25) is 38.3 Å². The number of aromatic nitrogens is 5. The van der Waals surface area contributed by atoms with Crippen molar-refractivity contribution in [2.45, 2.75) is 75.5 Å². The number of para-hydroxylation sites is 1. The van der Waals surface area contributed by atoms with E-state index in [2.05, 4.69) is 15.6 Å². The maximum absolute atomic E-state index is 13.7. The third kappa shape index (κ3) is 6.89. The minimum Gasteiger partial charge on any atom is -0.342 e. The van der Waals surface area contributed by atoms with Crippen molar-refractivity contribution in [1.82, 2.24) is 34.1 Å². The molecule has 2 aromatic carbocycles. The number of halogens is 3. The van der Waals surface area contributed by atoms with E-state index in [1.807, 2.05) is 34.0 Å². The number of carbonyl (C=O) groups excluding carboxylic acids is 4. The number of nitrogens with zero attached hydrogens (tertiary/aromatic N) is 6. The molecule has 13 nitrogen and oxygen atoms in total. The molecule has 2 saturated heterocycles. The number of amides is 4. The number of nitrogens with one attached hydrogen (secondary N) is 2. The number of anilines is 1. The summed E-state index contributed by atoms with van der Waals surface area (Å²) in [5.41, 5.74) is 1.79. The molecule has 5 heterocycles. The number of imide groups is 1. The molecule has 4 amide bonds. The number of hydrogen-bond donors (Lipinski definition) is 2. The summed E-state index contributed by atoms with van der Waals surface area (Å²) >= 11 is 0. The van der Waals surface area contributed by atoms with Gasteiger partial charge in [-0.1, -0.05) is 18.2 Å². The summed E-state index contributed by atoms with van der Waals surface area (Å²) in [5.74, 6) is -1.35. The Kier molecular flexibility index (Phi) is 9.29. The number of alkyl halides is 3. The summed E-state index contributed by atoms with van der Waals surface area (Å²) in [5, 5.41) is 10.5. The van der Waals surface area contributed by atoms with Crippen LogP contribution in [-0.4, -0.2) is 65.5 Å². The predicted octanol–water partition coefficient (Wildman–Crippen LogP) is 5.47. The minimum absolute atomic E-state index is 0.0872. The molecule has 8 rings (SSSR count). The highest BCUT2D eigenvalue weighted by molar-refractivity contribution is 6.04. The zero-order valence-corrected chi connectivity index (χ0v) is 30.0. The zero-order valence-electron chi connectivity index (χ0n) is 30.0. The van der Waals surface area contributed by atoms with E-state index in [0.717, 1.165) is 67.1 Å². The Morgan fingerprint density at radius 1 is 0.909 bits per heavy atom. The molecule has 286 valence electrons. The van der Waals surface area contributed by atoms with Gasteiger partial charge in [0.1, 0.15) is 17.4 Å². The molecule has 1 unspecified atom stereocenters. The Morgan fingerprint density at radius 3 is 2.38 bits per heavy atom. The van der Waals surface area contributed by atoms with Gasteiger partial charge in [0.2, 0.25) is 17.7 Å². The lowest BCUT2D eigenvalue weighted by Crippen LogP contribution is -2.44. The first-order valence-corrected chi connectivity index (χ1v) is 18.5. The largest absolute Gasteiger partial charge is 0.433 e. The van der Waals surface area contributed by atoms with Gasteiger partial charge in [0.05, 0.1) is 22.6 Å². The lowest BCUT2D eigenvalue weighted by Gasteiger charge is -2.36. The summed E-state index contributed by atoms with van der Waals surface area (Å²) in [6.45, 7) is 1.21. The average Bonchev–Trinajstić information content (AvgIpc) is 3.72. The second kappa shape index (κ2) is 14.1. The highest BCUT2D eigenvalue weighted by Crippen LogP contribution is 2.38. The number of carbonyl (C=O) groups is 4. The normalized spacial score (nSPS) is 21.2. The molecular formula is C39H39F3N8O5. The molecule has 0 bridgehead atoms. The van der Waals surface area contributed by atoms with Crippen molar-refractivity contribution in [3.63, 3.8) is 0 Å².